The second-order valence-corrected chi connectivity index (χ2v) is 7.83. The first-order valence-electron chi connectivity index (χ1n) is 10.5. The smallest absolute Gasteiger partial charge is 0.193 e. The Balaban J connectivity index is 1.85. The highest BCUT2D eigenvalue weighted by Crippen LogP contribution is 2.18. The van der Waals surface area contributed by atoms with Gasteiger partial charge in [0.25, 0.3) is 0 Å². The average molecular weight is 353 g/mol. The van der Waals surface area contributed by atoms with Gasteiger partial charge in [0.2, 0.25) is 0 Å². The lowest BCUT2D eigenvalue weighted by Crippen LogP contribution is -2.52. The molecule has 0 aromatic carbocycles. The molecule has 0 spiro atoms. The van der Waals surface area contributed by atoms with Crippen LogP contribution in [0.3, 0.4) is 0 Å². The number of rotatable bonds is 6. The van der Waals surface area contributed by atoms with E-state index in [2.05, 4.69) is 40.9 Å². The highest BCUT2D eigenvalue weighted by molar-refractivity contribution is 5.80. The third-order valence-electron chi connectivity index (χ3n) is 5.70. The second kappa shape index (κ2) is 11.0. The highest BCUT2D eigenvalue weighted by Gasteiger charge is 2.25. The Labute approximate surface area is 155 Å². The Hall–Kier alpha value is -0.810. The fourth-order valence-electron chi connectivity index (χ4n) is 4.21. The van der Waals surface area contributed by atoms with E-state index in [0.29, 0.717) is 18.1 Å². The standard InChI is InChI=1S/C20H40N4O/c1-5-25-18-10-14-24(15-11-18)20(21-4)22-16-19(17(2)3)23-12-8-6-7-9-13-23/h17-19H,5-16H2,1-4H3,(H,21,22). The summed E-state index contributed by atoms with van der Waals surface area (Å²) in [6.07, 6.45) is 8.13. The van der Waals surface area contributed by atoms with Crippen molar-refractivity contribution in [3.05, 3.63) is 0 Å². The predicted molar refractivity (Wildman–Crippen MR) is 106 cm³/mol. The van der Waals surface area contributed by atoms with Crippen LogP contribution < -0.4 is 5.32 Å². The lowest BCUT2D eigenvalue weighted by atomic mass is 10.0. The molecule has 0 aliphatic carbocycles. The normalized spacial score (nSPS) is 22.9. The molecule has 2 aliphatic rings. The predicted octanol–water partition coefficient (Wildman–Crippen LogP) is 2.96. The van der Waals surface area contributed by atoms with Crippen LogP contribution in [0.25, 0.3) is 0 Å². The van der Waals surface area contributed by atoms with E-state index in [9.17, 15) is 0 Å². The summed E-state index contributed by atoms with van der Waals surface area (Å²) >= 11 is 0. The summed E-state index contributed by atoms with van der Waals surface area (Å²) in [6, 6.07) is 0.593. The first-order chi connectivity index (χ1) is 12.2. The van der Waals surface area contributed by atoms with Crippen LogP contribution in [0, 0.1) is 5.92 Å². The molecule has 146 valence electrons. The van der Waals surface area contributed by atoms with Crippen LogP contribution in [0.4, 0.5) is 0 Å². The number of likely N-dealkylation sites (tertiary alicyclic amines) is 2. The Bertz CT molecular complexity index is 383. The fraction of sp³-hybridized carbons (Fsp3) is 0.950. The van der Waals surface area contributed by atoms with E-state index in [-0.39, 0.29) is 0 Å². The topological polar surface area (TPSA) is 40.1 Å². The molecule has 0 saturated carbocycles. The van der Waals surface area contributed by atoms with E-state index in [1.807, 2.05) is 7.05 Å². The summed E-state index contributed by atoms with van der Waals surface area (Å²) in [7, 11) is 1.91. The molecule has 2 saturated heterocycles. The molecule has 2 aliphatic heterocycles. The minimum absolute atomic E-state index is 0.430. The van der Waals surface area contributed by atoms with Gasteiger partial charge in [0.1, 0.15) is 0 Å². The molecule has 0 bridgehead atoms. The van der Waals surface area contributed by atoms with Gasteiger partial charge in [-0.25, -0.2) is 0 Å². The molecular formula is C20H40N4O. The molecule has 1 unspecified atom stereocenters. The van der Waals surface area contributed by atoms with Gasteiger partial charge in [-0.05, 0) is 51.6 Å². The minimum Gasteiger partial charge on any atom is -0.378 e. The van der Waals surface area contributed by atoms with Crippen LogP contribution in [-0.2, 0) is 4.74 Å². The van der Waals surface area contributed by atoms with Crippen molar-refractivity contribution in [2.45, 2.75) is 71.4 Å². The number of piperidine rings is 1. The van der Waals surface area contributed by atoms with Crippen LogP contribution in [0.15, 0.2) is 4.99 Å². The summed E-state index contributed by atoms with van der Waals surface area (Å²) in [4.78, 5) is 9.66. The molecule has 0 aromatic rings. The summed E-state index contributed by atoms with van der Waals surface area (Å²) in [5, 5.41) is 3.68. The molecule has 25 heavy (non-hydrogen) atoms. The summed E-state index contributed by atoms with van der Waals surface area (Å²) in [6.45, 7) is 13.2. The van der Waals surface area contributed by atoms with Crippen molar-refractivity contribution in [1.82, 2.24) is 15.1 Å². The second-order valence-electron chi connectivity index (χ2n) is 7.83. The number of hydrogen-bond acceptors (Lipinski definition) is 3. The maximum Gasteiger partial charge on any atom is 0.193 e. The van der Waals surface area contributed by atoms with Crippen molar-refractivity contribution in [1.29, 1.82) is 0 Å². The lowest BCUT2D eigenvalue weighted by molar-refractivity contribution is 0.0262. The largest absolute Gasteiger partial charge is 0.378 e. The van der Waals surface area contributed by atoms with Gasteiger partial charge in [0.05, 0.1) is 6.10 Å². The van der Waals surface area contributed by atoms with Gasteiger partial charge in [-0.15, -0.1) is 0 Å². The minimum atomic E-state index is 0.430. The molecule has 0 amide bonds. The first kappa shape index (κ1) is 20.5. The Morgan fingerprint density at radius 2 is 1.72 bits per heavy atom. The molecule has 5 nitrogen and oxygen atoms in total. The molecule has 2 rings (SSSR count). The first-order valence-corrected chi connectivity index (χ1v) is 10.5. The molecule has 1 atom stereocenters. The monoisotopic (exact) mass is 352 g/mol. The van der Waals surface area contributed by atoms with Crippen LogP contribution in [-0.4, -0.2) is 74.3 Å². The van der Waals surface area contributed by atoms with Gasteiger partial charge in [-0.3, -0.25) is 9.89 Å². The zero-order valence-electron chi connectivity index (χ0n) is 17.0. The van der Waals surface area contributed by atoms with Crippen LogP contribution in [0.1, 0.15) is 59.3 Å². The maximum atomic E-state index is 5.77. The van der Waals surface area contributed by atoms with Crippen molar-refractivity contribution < 1.29 is 4.74 Å². The fourth-order valence-corrected chi connectivity index (χ4v) is 4.21. The number of ether oxygens (including phenoxy) is 1. The van der Waals surface area contributed by atoms with E-state index >= 15 is 0 Å². The SMILES string of the molecule is CCOC1CCN(C(=NC)NCC(C(C)C)N2CCCCCC2)CC1. The van der Waals surface area contributed by atoms with Crippen molar-refractivity contribution >= 4 is 5.96 Å². The van der Waals surface area contributed by atoms with Crippen molar-refractivity contribution in [2.75, 3.05) is 46.4 Å². The van der Waals surface area contributed by atoms with E-state index in [1.54, 1.807) is 0 Å². The quantitative estimate of drug-likeness (QED) is 0.589. The highest BCUT2D eigenvalue weighted by atomic mass is 16.5. The van der Waals surface area contributed by atoms with Gasteiger partial charge in [-0.1, -0.05) is 26.7 Å². The van der Waals surface area contributed by atoms with Gasteiger partial charge in [-0.2, -0.15) is 0 Å². The molecule has 2 heterocycles. The van der Waals surface area contributed by atoms with E-state index in [4.69, 9.17) is 4.74 Å². The van der Waals surface area contributed by atoms with Crippen LogP contribution in [0.5, 0.6) is 0 Å². The van der Waals surface area contributed by atoms with Gasteiger partial charge in [0.15, 0.2) is 5.96 Å². The average Bonchev–Trinajstić information content (AvgIpc) is 2.89. The molecule has 1 N–H and O–H groups in total. The van der Waals surface area contributed by atoms with Crippen molar-refractivity contribution in [3.63, 3.8) is 0 Å². The zero-order valence-corrected chi connectivity index (χ0v) is 17.0. The van der Waals surface area contributed by atoms with Gasteiger partial charge >= 0.3 is 0 Å². The zero-order chi connectivity index (χ0) is 18.1. The third-order valence-corrected chi connectivity index (χ3v) is 5.70. The van der Waals surface area contributed by atoms with Crippen molar-refractivity contribution in [2.24, 2.45) is 10.9 Å². The number of nitrogens with zero attached hydrogens (tertiary/aromatic N) is 3. The third kappa shape index (κ3) is 6.45. The molecule has 0 aromatic heterocycles. The van der Waals surface area contributed by atoms with E-state index in [1.165, 1.54) is 38.8 Å². The Morgan fingerprint density at radius 3 is 2.24 bits per heavy atom. The van der Waals surface area contributed by atoms with Crippen LogP contribution >= 0.6 is 0 Å². The maximum absolute atomic E-state index is 5.77. The number of hydrogen-bond donors (Lipinski definition) is 1. The molecule has 0 radical (unpaired) electrons. The number of guanidine groups is 1. The van der Waals surface area contributed by atoms with Gasteiger partial charge in [0, 0.05) is 39.3 Å². The van der Waals surface area contributed by atoms with Crippen molar-refractivity contribution in [3.8, 4) is 0 Å². The van der Waals surface area contributed by atoms with E-state index in [0.717, 1.165) is 45.0 Å². The van der Waals surface area contributed by atoms with E-state index < -0.39 is 0 Å². The molecular weight excluding hydrogens is 312 g/mol. The number of nitrogens with one attached hydrogen (secondary N) is 1. The summed E-state index contributed by atoms with van der Waals surface area (Å²) < 4.78 is 5.77. The molecule has 5 heteroatoms. The molecule has 2 fully saturated rings. The number of aliphatic imine (C=N–C) groups is 1. The van der Waals surface area contributed by atoms with Gasteiger partial charge < -0.3 is 15.0 Å². The summed E-state index contributed by atoms with van der Waals surface area (Å²) in [5.74, 6) is 1.72. The lowest BCUT2D eigenvalue weighted by Gasteiger charge is -2.37. The Morgan fingerprint density at radius 1 is 1.08 bits per heavy atom. The Kier molecular flexibility index (Phi) is 9.04. The summed E-state index contributed by atoms with van der Waals surface area (Å²) in [5.41, 5.74) is 0. The van der Waals surface area contributed by atoms with Crippen LogP contribution in [0.2, 0.25) is 0 Å².